The van der Waals surface area contributed by atoms with Crippen LogP contribution in [-0.4, -0.2) is 9.13 Å². The van der Waals surface area contributed by atoms with E-state index in [2.05, 4.69) is 228 Å². The molecule has 0 aliphatic carbocycles. The Hall–Kier alpha value is -9.12. The molecule has 0 saturated heterocycles. The van der Waals surface area contributed by atoms with Gasteiger partial charge in [-0.15, -0.1) is 45.3 Å². The maximum atomic E-state index is 12.2. The van der Waals surface area contributed by atoms with Gasteiger partial charge in [0.25, 0.3) is 0 Å². The van der Waals surface area contributed by atoms with E-state index in [1.165, 1.54) is 40.3 Å². The van der Waals surface area contributed by atoms with Gasteiger partial charge < -0.3 is 9.13 Å². The van der Waals surface area contributed by atoms with E-state index in [-0.39, 0.29) is 0 Å². The topological polar surface area (TPSA) is 57.4 Å². The van der Waals surface area contributed by atoms with E-state index >= 15 is 0 Å². The van der Waals surface area contributed by atoms with Crippen molar-refractivity contribution in [1.82, 2.24) is 9.13 Å². The van der Waals surface area contributed by atoms with Crippen LogP contribution in [0.2, 0.25) is 0 Å². The second-order valence-corrected chi connectivity index (χ2v) is 23.9. The fourth-order valence-corrected chi connectivity index (χ4v) is 17.3. The first-order valence-electron chi connectivity index (χ1n) is 25.2. The van der Waals surface area contributed by atoms with Gasteiger partial charge in [0.05, 0.1) is 54.0 Å². The predicted octanol–water partition coefficient (Wildman–Crippen LogP) is 20.4. The van der Waals surface area contributed by atoms with E-state index in [1.807, 2.05) is 22.7 Å². The highest BCUT2D eigenvalue weighted by Crippen LogP contribution is 2.54. The summed E-state index contributed by atoms with van der Waals surface area (Å²) >= 11 is 7.19. The zero-order chi connectivity index (χ0) is 49.9. The van der Waals surface area contributed by atoms with E-state index in [0.717, 1.165) is 106 Å². The zero-order valence-corrected chi connectivity index (χ0v) is 43.3. The average molecular weight is 1040 g/mol. The summed E-state index contributed by atoms with van der Waals surface area (Å²) in [5, 5.41) is 38.2. The summed E-state index contributed by atoms with van der Waals surface area (Å²) in [6, 6.07) is 80.2. The lowest BCUT2D eigenvalue weighted by molar-refractivity contribution is 1.10. The van der Waals surface area contributed by atoms with Crippen LogP contribution in [0.1, 0.15) is 11.1 Å². The van der Waals surface area contributed by atoms with Crippen molar-refractivity contribution in [1.29, 1.82) is 10.5 Å². The van der Waals surface area contributed by atoms with Gasteiger partial charge in [0.1, 0.15) is 12.1 Å². The summed E-state index contributed by atoms with van der Waals surface area (Å²) in [6.45, 7) is 0. The van der Waals surface area contributed by atoms with E-state index in [9.17, 15) is 10.5 Å². The Labute approximate surface area is 449 Å². The largest absolute Gasteiger partial charge is 0.305 e. The lowest BCUT2D eigenvalue weighted by atomic mass is 9.85. The fourth-order valence-electron chi connectivity index (χ4n) is 12.6. The number of fused-ring (bicyclic) bond motifs is 20. The van der Waals surface area contributed by atoms with Gasteiger partial charge in [0.2, 0.25) is 0 Å². The van der Waals surface area contributed by atoms with Gasteiger partial charge in [0.15, 0.2) is 0 Å². The van der Waals surface area contributed by atoms with Crippen molar-refractivity contribution < 1.29 is 0 Å². The number of rotatable bonds is 4. The van der Waals surface area contributed by atoms with Crippen LogP contribution in [0.25, 0.3) is 158 Å². The molecular weight excluding hydrogens is 1000 g/mol. The summed E-state index contributed by atoms with van der Waals surface area (Å²) in [5.41, 5.74) is 9.69. The third-order valence-corrected chi connectivity index (χ3v) is 20.5. The quantitative estimate of drug-likeness (QED) is 0.176. The van der Waals surface area contributed by atoms with E-state index in [1.54, 1.807) is 22.7 Å². The summed E-state index contributed by atoms with van der Waals surface area (Å²) in [7, 11) is 0. The fraction of sp³-hybridized carbons (Fsp3) is 0. The van der Waals surface area contributed by atoms with Crippen molar-refractivity contribution in [3.8, 4) is 45.8 Å². The van der Waals surface area contributed by atoms with Gasteiger partial charge in [-0.05, 0) is 71.8 Å². The number of nitrogens with zero attached hydrogens (tertiary/aromatic N) is 4. The van der Waals surface area contributed by atoms with Crippen LogP contribution in [0, 0.1) is 22.7 Å². The number of benzene rings is 11. The number of thiophene rings is 4. The van der Waals surface area contributed by atoms with Gasteiger partial charge in [0, 0.05) is 104 Å². The SMILES string of the molecule is N#Cc1c(C#N)c(-c2ccc3sc4ccccc4c3c2)c(-n2c3ccccc3c3ccc4c5ccccc5sc4c32)c(-n2c3ccccc3c3ccc4c5ccccc5sc4c32)c1-c1ccc2sc3ccccc3c2c1. The molecule has 0 spiro atoms. The summed E-state index contributed by atoms with van der Waals surface area (Å²) in [6.07, 6.45) is 0. The molecule has 8 heteroatoms. The summed E-state index contributed by atoms with van der Waals surface area (Å²) < 4.78 is 14.4. The average Bonchev–Trinajstić information content (AvgIpc) is 4.42. The van der Waals surface area contributed by atoms with Gasteiger partial charge in [-0.3, -0.25) is 0 Å². The number of hydrogen-bond donors (Lipinski definition) is 0. The summed E-state index contributed by atoms with van der Waals surface area (Å²) in [4.78, 5) is 0. The number of para-hydroxylation sites is 2. The van der Waals surface area contributed by atoms with Crippen LogP contribution < -0.4 is 0 Å². The molecule has 6 heterocycles. The third-order valence-electron chi connectivity index (χ3n) is 15.8. The standard InChI is InChI=1S/C68H34N4S4/c69-35-51-52(36-70)62(38-26-32-60-50(34-38)44-18-6-10-22-56(44)74-60)66(72-54-20-8-2-14-40(54)46-28-30-48-42-16-4-12-24-58(42)76-68(48)64(46)72)65(61(51)37-25-31-59-49(33-37)43-17-5-9-21-55(43)73-59)71-53-19-7-1-13-39(53)45-27-29-47-41-15-3-11-23-57(41)75-67(47)63(45)71/h1-34H. The van der Waals surface area contributed by atoms with Crippen LogP contribution in [0.15, 0.2) is 206 Å². The lowest BCUT2D eigenvalue weighted by Gasteiger charge is -2.26. The Morgan fingerprint density at radius 1 is 0.289 bits per heavy atom. The second kappa shape index (κ2) is 15.7. The predicted molar refractivity (Wildman–Crippen MR) is 327 cm³/mol. The molecule has 4 nitrogen and oxygen atoms in total. The maximum absolute atomic E-state index is 12.2. The normalized spacial score (nSPS) is 12.2. The van der Waals surface area contributed by atoms with Crippen LogP contribution in [0.4, 0.5) is 0 Å². The Kier molecular flexibility index (Phi) is 8.73. The molecule has 350 valence electrons. The molecule has 0 saturated carbocycles. The van der Waals surface area contributed by atoms with Crippen molar-refractivity contribution in [2.24, 2.45) is 0 Å². The zero-order valence-electron chi connectivity index (χ0n) is 40.1. The van der Waals surface area contributed by atoms with Crippen molar-refractivity contribution in [3.05, 3.63) is 217 Å². The molecule has 0 aliphatic heterocycles. The highest BCUT2D eigenvalue weighted by Gasteiger charge is 2.33. The highest BCUT2D eigenvalue weighted by atomic mass is 32.1. The molecule has 11 aromatic carbocycles. The molecule has 76 heavy (non-hydrogen) atoms. The third kappa shape index (κ3) is 5.63. The van der Waals surface area contributed by atoms with E-state index in [4.69, 9.17) is 0 Å². The van der Waals surface area contributed by atoms with Crippen LogP contribution >= 0.6 is 45.3 Å². The number of nitriles is 2. The van der Waals surface area contributed by atoms with E-state index in [0.29, 0.717) is 22.3 Å². The number of aromatic nitrogens is 2. The van der Waals surface area contributed by atoms with Crippen molar-refractivity contribution in [2.45, 2.75) is 0 Å². The molecule has 17 rings (SSSR count). The highest BCUT2D eigenvalue weighted by molar-refractivity contribution is 7.27. The monoisotopic (exact) mass is 1030 g/mol. The van der Waals surface area contributed by atoms with Gasteiger partial charge in [-0.25, -0.2) is 0 Å². The Morgan fingerprint density at radius 3 is 1.03 bits per heavy atom. The molecule has 0 N–H and O–H groups in total. The van der Waals surface area contributed by atoms with Crippen LogP contribution in [-0.2, 0) is 0 Å². The Balaban J connectivity index is 1.18. The van der Waals surface area contributed by atoms with Gasteiger partial charge in [-0.1, -0.05) is 146 Å². The van der Waals surface area contributed by atoms with Gasteiger partial charge >= 0.3 is 0 Å². The van der Waals surface area contributed by atoms with Crippen LogP contribution in [0.3, 0.4) is 0 Å². The van der Waals surface area contributed by atoms with Crippen molar-refractivity contribution >= 4 is 170 Å². The lowest BCUT2D eigenvalue weighted by Crippen LogP contribution is -2.12. The molecule has 6 aromatic heterocycles. The smallest absolute Gasteiger partial charge is 0.101 e. The molecule has 0 aliphatic rings. The first kappa shape index (κ1) is 42.3. The molecular formula is C68H34N4S4. The molecule has 0 fully saturated rings. The minimum atomic E-state index is 0.340. The number of hydrogen-bond acceptors (Lipinski definition) is 6. The Bertz CT molecular complexity index is 5180. The minimum absolute atomic E-state index is 0.340. The van der Waals surface area contributed by atoms with Gasteiger partial charge in [-0.2, -0.15) is 10.5 Å². The molecule has 17 aromatic rings. The van der Waals surface area contributed by atoms with Crippen molar-refractivity contribution in [3.63, 3.8) is 0 Å². The van der Waals surface area contributed by atoms with Crippen LogP contribution in [0.5, 0.6) is 0 Å². The molecule has 0 radical (unpaired) electrons. The second-order valence-electron chi connectivity index (χ2n) is 19.6. The van der Waals surface area contributed by atoms with E-state index < -0.39 is 0 Å². The molecule has 0 unspecified atom stereocenters. The Morgan fingerprint density at radius 2 is 0.618 bits per heavy atom. The summed E-state index contributed by atoms with van der Waals surface area (Å²) in [5.74, 6) is 0. The molecule has 0 bridgehead atoms. The molecule has 0 amide bonds. The van der Waals surface area contributed by atoms with Crippen molar-refractivity contribution in [2.75, 3.05) is 0 Å². The first-order chi connectivity index (χ1) is 37.6. The first-order valence-corrected chi connectivity index (χ1v) is 28.4. The minimum Gasteiger partial charge on any atom is -0.305 e. The molecule has 0 atom stereocenters. The maximum Gasteiger partial charge on any atom is 0.101 e.